The fourth-order valence-electron chi connectivity index (χ4n) is 2.32. The molecule has 2 aliphatic rings. The van der Waals surface area contributed by atoms with E-state index in [4.69, 9.17) is 11.5 Å². The fraction of sp³-hybridized carbons (Fsp3) is 0.800. The first-order chi connectivity index (χ1) is 6.72. The summed E-state index contributed by atoms with van der Waals surface area (Å²) in [5.41, 5.74) is 12.1. The van der Waals surface area contributed by atoms with Crippen LogP contribution in [0.25, 0.3) is 0 Å². The number of rotatable bonds is 2. The van der Waals surface area contributed by atoms with Crippen molar-refractivity contribution in [3.05, 3.63) is 12.3 Å². The average Bonchev–Trinajstić information content (AvgIpc) is 2.43. The number of nitrogens with two attached hydrogens (primary N) is 2. The summed E-state index contributed by atoms with van der Waals surface area (Å²) in [5.74, 6) is 1.04. The molecule has 0 aliphatic carbocycles. The molecular formula is C10H19N3S. The Labute approximate surface area is 89.9 Å². The van der Waals surface area contributed by atoms with E-state index in [0.717, 1.165) is 13.1 Å². The Morgan fingerprint density at radius 3 is 2.93 bits per heavy atom. The van der Waals surface area contributed by atoms with Crippen molar-refractivity contribution in [3.8, 4) is 0 Å². The lowest BCUT2D eigenvalue weighted by Gasteiger charge is -2.32. The second-order valence-electron chi connectivity index (χ2n) is 4.14. The van der Waals surface area contributed by atoms with E-state index in [0.29, 0.717) is 11.8 Å². The topological polar surface area (TPSA) is 55.3 Å². The lowest BCUT2D eigenvalue weighted by molar-refractivity contribution is 0.244. The van der Waals surface area contributed by atoms with Crippen LogP contribution in [0.3, 0.4) is 0 Å². The quantitative estimate of drug-likeness (QED) is 0.711. The van der Waals surface area contributed by atoms with Crippen LogP contribution in [-0.4, -0.2) is 28.7 Å². The number of hydrogen-bond donors (Lipinski definition) is 2. The molecule has 0 bridgehead atoms. The van der Waals surface area contributed by atoms with Gasteiger partial charge in [0.15, 0.2) is 0 Å². The molecule has 4 N–H and O–H groups in total. The van der Waals surface area contributed by atoms with Crippen LogP contribution in [0.2, 0.25) is 0 Å². The molecule has 0 aromatic carbocycles. The molecule has 4 heteroatoms. The molecule has 0 saturated carbocycles. The van der Waals surface area contributed by atoms with Gasteiger partial charge in [-0.2, -0.15) is 0 Å². The Kier molecular flexibility index (Phi) is 3.04. The van der Waals surface area contributed by atoms with Crippen LogP contribution in [0, 0.1) is 11.8 Å². The van der Waals surface area contributed by atoms with E-state index in [9.17, 15) is 0 Å². The summed E-state index contributed by atoms with van der Waals surface area (Å²) >= 11 is 1.72. The van der Waals surface area contributed by atoms with Crippen molar-refractivity contribution in [2.24, 2.45) is 23.3 Å². The minimum atomic E-state index is 0.204. The molecule has 0 radical (unpaired) electrons. The maximum absolute atomic E-state index is 6.06. The molecule has 2 heterocycles. The third-order valence-electron chi connectivity index (χ3n) is 3.09. The van der Waals surface area contributed by atoms with Gasteiger partial charge in [0.2, 0.25) is 0 Å². The summed E-state index contributed by atoms with van der Waals surface area (Å²) in [6, 6.07) is 0. The van der Waals surface area contributed by atoms with Crippen LogP contribution in [0.4, 0.5) is 0 Å². The van der Waals surface area contributed by atoms with Gasteiger partial charge in [0, 0.05) is 24.9 Å². The molecule has 0 spiro atoms. The molecule has 4 atom stereocenters. The summed E-state index contributed by atoms with van der Waals surface area (Å²) in [5, 5.41) is 0.425. The highest BCUT2D eigenvalue weighted by molar-refractivity contribution is 8.00. The molecule has 1 fully saturated rings. The molecule has 4 unspecified atom stereocenters. The zero-order chi connectivity index (χ0) is 10.1. The Hall–Kier alpha value is -0.190. The van der Waals surface area contributed by atoms with E-state index in [2.05, 4.69) is 24.1 Å². The van der Waals surface area contributed by atoms with Crippen molar-refractivity contribution < 1.29 is 0 Å². The molecule has 1 saturated heterocycles. The first-order valence-electron chi connectivity index (χ1n) is 5.31. The fourth-order valence-corrected chi connectivity index (χ4v) is 3.63. The maximum Gasteiger partial charge on any atom is 0.0591 e. The average molecular weight is 213 g/mol. The van der Waals surface area contributed by atoms with Gasteiger partial charge in [0.1, 0.15) is 0 Å². The number of nitrogens with zero attached hydrogens (tertiary/aromatic N) is 1. The SMILES string of the molecule is CCCN1C=CC2C(N)SC(N)C2C1. The molecule has 0 amide bonds. The van der Waals surface area contributed by atoms with E-state index in [-0.39, 0.29) is 10.7 Å². The highest BCUT2D eigenvalue weighted by atomic mass is 32.2. The van der Waals surface area contributed by atoms with Crippen LogP contribution in [0.1, 0.15) is 13.3 Å². The van der Waals surface area contributed by atoms with Gasteiger partial charge in [-0.1, -0.05) is 13.0 Å². The summed E-state index contributed by atoms with van der Waals surface area (Å²) in [6.07, 6.45) is 5.63. The first-order valence-corrected chi connectivity index (χ1v) is 6.25. The summed E-state index contributed by atoms with van der Waals surface area (Å²) < 4.78 is 0. The van der Waals surface area contributed by atoms with Crippen LogP contribution >= 0.6 is 11.8 Å². The Bertz CT molecular complexity index is 231. The van der Waals surface area contributed by atoms with Gasteiger partial charge in [-0.3, -0.25) is 0 Å². The predicted octanol–water partition coefficient (Wildman–Crippen LogP) is 0.775. The molecule has 2 aliphatic heterocycles. The van der Waals surface area contributed by atoms with Crippen molar-refractivity contribution in [1.82, 2.24) is 4.90 Å². The summed E-state index contributed by atoms with van der Waals surface area (Å²) in [4.78, 5) is 2.36. The Morgan fingerprint density at radius 1 is 1.43 bits per heavy atom. The normalized spacial score (nSPS) is 41.5. The van der Waals surface area contributed by atoms with Gasteiger partial charge in [0.05, 0.1) is 10.7 Å². The van der Waals surface area contributed by atoms with Crippen molar-refractivity contribution >= 4 is 11.8 Å². The van der Waals surface area contributed by atoms with E-state index >= 15 is 0 Å². The highest BCUT2D eigenvalue weighted by Gasteiger charge is 2.41. The third kappa shape index (κ3) is 1.78. The number of hydrogen-bond acceptors (Lipinski definition) is 4. The van der Waals surface area contributed by atoms with Crippen LogP contribution < -0.4 is 11.5 Å². The van der Waals surface area contributed by atoms with Crippen molar-refractivity contribution in [1.29, 1.82) is 0 Å². The lowest BCUT2D eigenvalue weighted by Crippen LogP contribution is -2.40. The molecule has 0 aromatic heterocycles. The van der Waals surface area contributed by atoms with Gasteiger partial charge in [-0.15, -0.1) is 11.8 Å². The molecule has 80 valence electrons. The zero-order valence-corrected chi connectivity index (χ0v) is 9.41. The maximum atomic E-state index is 6.06. The number of thioether (sulfide) groups is 1. The first kappa shape index (κ1) is 10.3. The van der Waals surface area contributed by atoms with Gasteiger partial charge < -0.3 is 16.4 Å². The standard InChI is InChI=1S/C10H19N3S/c1-2-4-13-5-3-7-8(6-13)10(12)14-9(7)11/h3,5,7-10H,2,4,6,11-12H2,1H3. The summed E-state index contributed by atoms with van der Waals surface area (Å²) in [6.45, 7) is 4.41. The van der Waals surface area contributed by atoms with Gasteiger partial charge >= 0.3 is 0 Å². The number of fused-ring (bicyclic) bond motifs is 1. The van der Waals surface area contributed by atoms with Crippen LogP contribution in [0.15, 0.2) is 12.3 Å². The zero-order valence-electron chi connectivity index (χ0n) is 8.60. The largest absolute Gasteiger partial charge is 0.377 e. The highest BCUT2D eigenvalue weighted by Crippen LogP contribution is 2.41. The summed E-state index contributed by atoms with van der Waals surface area (Å²) in [7, 11) is 0. The molecule has 2 rings (SSSR count). The van der Waals surface area contributed by atoms with Gasteiger partial charge in [-0.25, -0.2) is 0 Å². The lowest BCUT2D eigenvalue weighted by atomic mass is 9.89. The Balaban J connectivity index is 2.05. The second-order valence-corrected chi connectivity index (χ2v) is 5.50. The minimum Gasteiger partial charge on any atom is -0.377 e. The van der Waals surface area contributed by atoms with Crippen molar-refractivity contribution in [3.63, 3.8) is 0 Å². The Morgan fingerprint density at radius 2 is 2.21 bits per heavy atom. The van der Waals surface area contributed by atoms with E-state index < -0.39 is 0 Å². The van der Waals surface area contributed by atoms with E-state index in [1.54, 1.807) is 11.8 Å². The monoisotopic (exact) mass is 213 g/mol. The van der Waals surface area contributed by atoms with Crippen LogP contribution in [-0.2, 0) is 0 Å². The molecular weight excluding hydrogens is 194 g/mol. The third-order valence-corrected chi connectivity index (χ3v) is 4.38. The smallest absolute Gasteiger partial charge is 0.0591 e. The van der Waals surface area contributed by atoms with Crippen molar-refractivity contribution in [2.75, 3.05) is 13.1 Å². The van der Waals surface area contributed by atoms with Gasteiger partial charge in [0.25, 0.3) is 0 Å². The van der Waals surface area contributed by atoms with E-state index in [1.165, 1.54) is 6.42 Å². The molecule has 14 heavy (non-hydrogen) atoms. The molecule has 3 nitrogen and oxygen atoms in total. The second kappa shape index (κ2) is 4.13. The van der Waals surface area contributed by atoms with E-state index in [1.807, 2.05) is 0 Å². The van der Waals surface area contributed by atoms with Gasteiger partial charge in [-0.05, 0) is 12.6 Å². The predicted molar refractivity (Wildman–Crippen MR) is 61.5 cm³/mol. The minimum absolute atomic E-state index is 0.204. The van der Waals surface area contributed by atoms with Crippen LogP contribution in [0.5, 0.6) is 0 Å². The molecule has 0 aromatic rings. The van der Waals surface area contributed by atoms with Crippen molar-refractivity contribution in [2.45, 2.75) is 24.1 Å².